The second-order valence-corrected chi connectivity index (χ2v) is 12.1. The fourth-order valence-corrected chi connectivity index (χ4v) is 6.95. The summed E-state index contributed by atoms with van der Waals surface area (Å²) in [5.74, 6) is 1.87. The van der Waals surface area contributed by atoms with Crippen LogP contribution < -0.4 is 13.8 Å². The van der Waals surface area contributed by atoms with Crippen molar-refractivity contribution in [2.45, 2.75) is 23.7 Å². The fraction of sp³-hybridized carbons (Fsp3) is 0.147. The SMILES string of the molecule is COc1ccc(C2(c3ccc(OC)cc3)C=Cc3c(N(c4ccccc4)S(=O)(=O)c4ccc(C)cc4)n[nH]c3C2)cc1. The lowest BCUT2D eigenvalue weighted by molar-refractivity contribution is 0.414. The van der Waals surface area contributed by atoms with Crippen molar-refractivity contribution >= 4 is 27.6 Å². The third-order valence-electron chi connectivity index (χ3n) is 7.81. The standard InChI is InChI=1S/C34H31N3O4S/c1-24-9-19-30(20-10-24)42(38,39)37(27-7-5-4-6-8-27)33-31-21-22-34(23-32(31)35-36-33,25-11-15-28(40-2)16-12-25)26-13-17-29(41-3)18-14-26/h4-22H,23H2,1-3H3,(H,35,36). The predicted octanol–water partition coefficient (Wildman–Crippen LogP) is 6.82. The Hall–Kier alpha value is -4.82. The topological polar surface area (TPSA) is 84.5 Å². The van der Waals surface area contributed by atoms with E-state index in [2.05, 4.69) is 40.5 Å². The summed E-state index contributed by atoms with van der Waals surface area (Å²) in [5, 5.41) is 7.81. The second-order valence-electron chi connectivity index (χ2n) is 10.3. The molecule has 0 unspecified atom stereocenters. The molecular weight excluding hydrogens is 546 g/mol. The minimum atomic E-state index is -3.99. The number of nitrogens with one attached hydrogen (secondary N) is 1. The lowest BCUT2D eigenvalue weighted by Crippen LogP contribution is -2.31. The van der Waals surface area contributed by atoms with Crippen molar-refractivity contribution < 1.29 is 17.9 Å². The molecule has 1 aromatic heterocycles. The molecular formula is C34H31N3O4S. The molecule has 6 rings (SSSR count). The Morgan fingerprint density at radius 3 is 1.90 bits per heavy atom. The number of hydrogen-bond acceptors (Lipinski definition) is 5. The number of H-pyrrole nitrogens is 1. The molecule has 0 amide bonds. The van der Waals surface area contributed by atoms with E-state index in [-0.39, 0.29) is 4.90 Å². The Labute approximate surface area is 246 Å². The van der Waals surface area contributed by atoms with Gasteiger partial charge < -0.3 is 9.47 Å². The molecule has 1 aliphatic carbocycles. The highest BCUT2D eigenvalue weighted by Gasteiger charge is 2.39. The lowest BCUT2D eigenvalue weighted by Gasteiger charge is -2.35. The number of ether oxygens (including phenoxy) is 2. The van der Waals surface area contributed by atoms with Crippen LogP contribution in [0.5, 0.6) is 11.5 Å². The summed E-state index contributed by atoms with van der Waals surface area (Å²) >= 11 is 0. The van der Waals surface area contributed by atoms with Crippen LogP contribution >= 0.6 is 0 Å². The van der Waals surface area contributed by atoms with E-state index >= 15 is 0 Å². The quantitative estimate of drug-likeness (QED) is 0.219. The maximum Gasteiger partial charge on any atom is 0.269 e. The van der Waals surface area contributed by atoms with Gasteiger partial charge in [0.2, 0.25) is 0 Å². The number of nitrogens with zero attached hydrogens (tertiary/aromatic N) is 2. The van der Waals surface area contributed by atoms with Gasteiger partial charge in [-0.2, -0.15) is 5.10 Å². The fourth-order valence-electron chi connectivity index (χ4n) is 5.50. The van der Waals surface area contributed by atoms with Gasteiger partial charge in [0, 0.05) is 23.1 Å². The molecule has 0 aliphatic heterocycles. The van der Waals surface area contributed by atoms with Gasteiger partial charge in [-0.1, -0.05) is 72.3 Å². The molecule has 0 spiro atoms. The van der Waals surface area contributed by atoms with Crippen LogP contribution in [0.4, 0.5) is 11.5 Å². The van der Waals surface area contributed by atoms with Crippen molar-refractivity contribution in [2.24, 2.45) is 0 Å². The van der Waals surface area contributed by atoms with E-state index in [0.717, 1.165) is 39.4 Å². The van der Waals surface area contributed by atoms with Crippen molar-refractivity contribution in [3.63, 3.8) is 0 Å². The van der Waals surface area contributed by atoms with E-state index in [1.165, 1.54) is 4.31 Å². The van der Waals surface area contributed by atoms with Gasteiger partial charge in [-0.25, -0.2) is 12.7 Å². The Bertz CT molecular complexity index is 1780. The van der Waals surface area contributed by atoms with E-state index in [1.54, 1.807) is 50.6 Å². The monoisotopic (exact) mass is 577 g/mol. The number of allylic oxidation sites excluding steroid dienone is 1. The van der Waals surface area contributed by atoms with Gasteiger partial charge in [0.25, 0.3) is 10.0 Å². The van der Waals surface area contributed by atoms with Crippen LogP contribution in [-0.2, 0) is 21.9 Å². The van der Waals surface area contributed by atoms with Crippen LogP contribution in [-0.4, -0.2) is 32.8 Å². The van der Waals surface area contributed by atoms with Gasteiger partial charge >= 0.3 is 0 Å². The van der Waals surface area contributed by atoms with Crippen molar-refractivity contribution in [3.05, 3.63) is 137 Å². The van der Waals surface area contributed by atoms with Gasteiger partial charge in [0.15, 0.2) is 5.82 Å². The van der Waals surface area contributed by atoms with E-state index < -0.39 is 15.4 Å². The molecule has 0 bridgehead atoms. The van der Waals surface area contributed by atoms with Crippen molar-refractivity contribution in [2.75, 3.05) is 18.5 Å². The predicted molar refractivity (Wildman–Crippen MR) is 165 cm³/mol. The Kier molecular flexibility index (Phi) is 7.08. The molecule has 7 nitrogen and oxygen atoms in total. The summed E-state index contributed by atoms with van der Waals surface area (Å²) in [5.41, 5.74) is 4.64. The van der Waals surface area contributed by atoms with Gasteiger partial charge in [-0.15, -0.1) is 0 Å². The van der Waals surface area contributed by atoms with Crippen LogP contribution in [0.25, 0.3) is 6.08 Å². The van der Waals surface area contributed by atoms with Crippen molar-refractivity contribution in [3.8, 4) is 11.5 Å². The van der Waals surface area contributed by atoms with Gasteiger partial charge in [-0.3, -0.25) is 5.10 Å². The Morgan fingerprint density at radius 2 is 1.36 bits per heavy atom. The maximum atomic E-state index is 14.1. The van der Waals surface area contributed by atoms with Gasteiger partial charge in [0.1, 0.15) is 11.5 Å². The number of para-hydroxylation sites is 1. The van der Waals surface area contributed by atoms with Crippen molar-refractivity contribution in [1.29, 1.82) is 0 Å². The molecule has 1 N–H and O–H groups in total. The van der Waals surface area contributed by atoms with E-state index in [9.17, 15) is 8.42 Å². The number of aromatic amines is 1. The molecule has 1 aliphatic rings. The van der Waals surface area contributed by atoms with Crippen LogP contribution in [0.3, 0.4) is 0 Å². The molecule has 8 heteroatoms. The number of hydrogen-bond donors (Lipinski definition) is 1. The smallest absolute Gasteiger partial charge is 0.269 e. The highest BCUT2D eigenvalue weighted by atomic mass is 32.2. The molecule has 0 saturated heterocycles. The number of fused-ring (bicyclic) bond motifs is 1. The molecule has 5 aromatic rings. The molecule has 1 heterocycles. The molecule has 0 saturated carbocycles. The highest BCUT2D eigenvalue weighted by Crippen LogP contribution is 2.45. The number of sulfonamides is 1. The summed E-state index contributed by atoms with van der Waals surface area (Å²) in [4.78, 5) is 0.194. The van der Waals surface area contributed by atoms with E-state index in [0.29, 0.717) is 17.9 Å². The Morgan fingerprint density at radius 1 is 0.786 bits per heavy atom. The lowest BCUT2D eigenvalue weighted by atomic mass is 9.68. The average molecular weight is 578 g/mol. The molecule has 212 valence electrons. The normalized spacial score (nSPS) is 13.8. The number of rotatable bonds is 8. The number of methoxy groups -OCH3 is 2. The molecule has 42 heavy (non-hydrogen) atoms. The van der Waals surface area contributed by atoms with Gasteiger partial charge in [-0.05, 0) is 66.6 Å². The zero-order chi connectivity index (χ0) is 29.3. The Balaban J connectivity index is 1.49. The zero-order valence-electron chi connectivity index (χ0n) is 23.6. The van der Waals surface area contributed by atoms with Crippen LogP contribution in [0.15, 0.2) is 114 Å². The van der Waals surface area contributed by atoms with Crippen LogP contribution in [0.1, 0.15) is 27.9 Å². The van der Waals surface area contributed by atoms with Crippen LogP contribution in [0.2, 0.25) is 0 Å². The molecule has 0 radical (unpaired) electrons. The molecule has 0 fully saturated rings. The first-order chi connectivity index (χ1) is 20.4. The van der Waals surface area contributed by atoms with Gasteiger partial charge in [0.05, 0.1) is 24.8 Å². The molecule has 0 atom stereocenters. The maximum absolute atomic E-state index is 14.1. The van der Waals surface area contributed by atoms with Crippen LogP contribution in [0, 0.1) is 6.92 Å². The largest absolute Gasteiger partial charge is 0.497 e. The summed E-state index contributed by atoms with van der Waals surface area (Å²) in [6.07, 6.45) is 4.66. The number of aryl methyl sites for hydroxylation is 1. The molecule has 4 aromatic carbocycles. The highest BCUT2D eigenvalue weighted by molar-refractivity contribution is 7.93. The number of benzene rings is 4. The minimum Gasteiger partial charge on any atom is -0.497 e. The number of anilines is 2. The van der Waals surface area contributed by atoms with Crippen molar-refractivity contribution in [1.82, 2.24) is 10.2 Å². The van der Waals surface area contributed by atoms with E-state index in [1.807, 2.05) is 55.5 Å². The number of aromatic nitrogens is 2. The first-order valence-corrected chi connectivity index (χ1v) is 15.0. The first-order valence-electron chi connectivity index (χ1n) is 13.6. The van der Waals surface area contributed by atoms with E-state index in [4.69, 9.17) is 9.47 Å². The third-order valence-corrected chi connectivity index (χ3v) is 9.54. The minimum absolute atomic E-state index is 0.194. The second kappa shape index (κ2) is 10.9. The summed E-state index contributed by atoms with van der Waals surface area (Å²) in [6, 6.07) is 32.0. The first kappa shape index (κ1) is 27.4. The zero-order valence-corrected chi connectivity index (χ0v) is 24.4. The average Bonchev–Trinajstić information content (AvgIpc) is 3.44. The third kappa shape index (κ3) is 4.73. The summed E-state index contributed by atoms with van der Waals surface area (Å²) in [6.45, 7) is 1.93. The summed E-state index contributed by atoms with van der Waals surface area (Å²) in [7, 11) is -0.688. The summed E-state index contributed by atoms with van der Waals surface area (Å²) < 4.78 is 40.4.